The van der Waals surface area contributed by atoms with Crippen LogP contribution >= 0.6 is 11.6 Å². The van der Waals surface area contributed by atoms with Crippen molar-refractivity contribution in [3.05, 3.63) is 46.5 Å². The summed E-state index contributed by atoms with van der Waals surface area (Å²) in [6.45, 7) is 3.93. The van der Waals surface area contributed by atoms with Crippen LogP contribution in [0.1, 0.15) is 11.3 Å². The molecule has 0 spiro atoms. The quantitative estimate of drug-likeness (QED) is 0.727. The van der Waals surface area contributed by atoms with Crippen LogP contribution in [0.4, 0.5) is 4.39 Å². The minimum Gasteiger partial charge on any atom is -0.238 e. The average molecular weight is 225 g/mol. The van der Waals surface area contributed by atoms with Crippen molar-refractivity contribution >= 4 is 11.6 Å². The number of hydrogen-bond donors (Lipinski definition) is 0. The van der Waals surface area contributed by atoms with Crippen LogP contribution in [0.2, 0.25) is 5.02 Å². The lowest BCUT2D eigenvalue weighted by Gasteiger charge is -2.05. The fourth-order valence-corrected chi connectivity index (χ4v) is 1.54. The maximum atomic E-state index is 13.0. The van der Waals surface area contributed by atoms with E-state index >= 15 is 0 Å². The molecule has 15 heavy (non-hydrogen) atoms. The third-order valence-corrected chi connectivity index (χ3v) is 2.69. The van der Waals surface area contributed by atoms with Gasteiger partial charge in [-0.2, -0.15) is 5.10 Å². The summed E-state index contributed by atoms with van der Waals surface area (Å²) in [7, 11) is 0. The average Bonchev–Trinajstić information content (AvgIpc) is 2.53. The van der Waals surface area contributed by atoms with Gasteiger partial charge in [0.05, 0.1) is 16.9 Å². The van der Waals surface area contributed by atoms with E-state index in [4.69, 9.17) is 11.6 Å². The highest BCUT2D eigenvalue weighted by molar-refractivity contribution is 6.30. The Morgan fingerprint density at radius 1 is 1.33 bits per heavy atom. The van der Waals surface area contributed by atoms with Crippen LogP contribution in [-0.4, -0.2) is 9.78 Å². The third kappa shape index (κ3) is 1.75. The molecular weight excluding hydrogens is 215 g/mol. The molecule has 4 heteroatoms. The van der Waals surface area contributed by atoms with E-state index in [9.17, 15) is 4.39 Å². The van der Waals surface area contributed by atoms with Crippen molar-refractivity contribution in [3.63, 3.8) is 0 Å². The minimum atomic E-state index is -0.415. The zero-order chi connectivity index (χ0) is 11.0. The highest BCUT2D eigenvalue weighted by Crippen LogP contribution is 2.20. The van der Waals surface area contributed by atoms with Crippen molar-refractivity contribution < 1.29 is 4.39 Å². The fraction of sp³-hybridized carbons (Fsp3) is 0.182. The number of rotatable bonds is 1. The van der Waals surface area contributed by atoms with Crippen molar-refractivity contribution in [1.82, 2.24) is 9.78 Å². The zero-order valence-corrected chi connectivity index (χ0v) is 9.22. The normalized spacial score (nSPS) is 10.7. The maximum Gasteiger partial charge on any atom is 0.141 e. The van der Waals surface area contributed by atoms with Gasteiger partial charge in [-0.1, -0.05) is 11.6 Å². The highest BCUT2D eigenvalue weighted by Gasteiger charge is 2.06. The number of aromatic nitrogens is 2. The Hall–Kier alpha value is -1.35. The smallest absolute Gasteiger partial charge is 0.141 e. The molecule has 1 heterocycles. The molecule has 2 rings (SSSR count). The van der Waals surface area contributed by atoms with Gasteiger partial charge in [0, 0.05) is 5.69 Å². The van der Waals surface area contributed by atoms with Crippen LogP contribution in [0, 0.1) is 19.7 Å². The molecule has 0 fully saturated rings. The van der Waals surface area contributed by atoms with Crippen LogP contribution in [0.5, 0.6) is 0 Å². The summed E-state index contributed by atoms with van der Waals surface area (Å²) in [4.78, 5) is 0. The van der Waals surface area contributed by atoms with E-state index in [0.29, 0.717) is 0 Å². The lowest BCUT2D eigenvalue weighted by molar-refractivity contribution is 0.627. The van der Waals surface area contributed by atoms with E-state index in [1.54, 1.807) is 23.0 Å². The van der Waals surface area contributed by atoms with Crippen molar-refractivity contribution in [2.75, 3.05) is 0 Å². The van der Waals surface area contributed by atoms with Gasteiger partial charge in [-0.15, -0.1) is 0 Å². The SMILES string of the molecule is Cc1cnn(-c2ccc(F)c(Cl)c2)c1C. The minimum absolute atomic E-state index is 0.111. The van der Waals surface area contributed by atoms with Crippen LogP contribution in [0.3, 0.4) is 0 Å². The van der Waals surface area contributed by atoms with Gasteiger partial charge in [0.2, 0.25) is 0 Å². The molecular formula is C11H10ClFN2. The number of benzene rings is 1. The molecule has 0 radical (unpaired) electrons. The Morgan fingerprint density at radius 3 is 2.60 bits per heavy atom. The number of hydrogen-bond acceptors (Lipinski definition) is 1. The molecule has 0 N–H and O–H groups in total. The molecule has 0 bridgehead atoms. The number of aryl methyl sites for hydroxylation is 1. The van der Waals surface area contributed by atoms with Crippen molar-refractivity contribution in [3.8, 4) is 5.69 Å². The molecule has 0 saturated carbocycles. The molecule has 0 aliphatic heterocycles. The Morgan fingerprint density at radius 2 is 2.07 bits per heavy atom. The third-order valence-electron chi connectivity index (χ3n) is 2.40. The Bertz CT molecular complexity index is 505. The Balaban J connectivity index is 2.55. The molecule has 0 atom stereocenters. The van der Waals surface area contributed by atoms with Crippen LogP contribution in [0.15, 0.2) is 24.4 Å². The van der Waals surface area contributed by atoms with E-state index in [1.807, 2.05) is 13.8 Å². The molecule has 0 unspecified atom stereocenters. The van der Waals surface area contributed by atoms with E-state index in [1.165, 1.54) is 6.07 Å². The molecule has 0 saturated heterocycles. The van der Waals surface area contributed by atoms with Crippen LogP contribution < -0.4 is 0 Å². The van der Waals surface area contributed by atoms with Gasteiger partial charge in [0.25, 0.3) is 0 Å². The maximum absolute atomic E-state index is 13.0. The molecule has 2 aromatic rings. The summed E-state index contributed by atoms with van der Waals surface area (Å²) in [5.74, 6) is -0.415. The van der Waals surface area contributed by atoms with E-state index < -0.39 is 5.82 Å². The fourth-order valence-electron chi connectivity index (χ4n) is 1.37. The number of halogens is 2. The highest BCUT2D eigenvalue weighted by atomic mass is 35.5. The standard InChI is InChI=1S/C11H10ClFN2/c1-7-6-14-15(8(7)2)9-3-4-11(13)10(12)5-9/h3-6H,1-2H3. The van der Waals surface area contributed by atoms with Crippen LogP contribution in [-0.2, 0) is 0 Å². The molecule has 1 aromatic heterocycles. The lowest BCUT2D eigenvalue weighted by atomic mass is 10.2. The monoisotopic (exact) mass is 224 g/mol. The first-order chi connectivity index (χ1) is 7.09. The summed E-state index contributed by atoms with van der Waals surface area (Å²) in [6, 6.07) is 4.56. The Labute approximate surface area is 92.3 Å². The first kappa shape index (κ1) is 10.2. The summed E-state index contributed by atoms with van der Waals surface area (Å²) in [5.41, 5.74) is 2.89. The summed E-state index contributed by atoms with van der Waals surface area (Å²) in [6.07, 6.45) is 1.77. The van der Waals surface area contributed by atoms with Gasteiger partial charge in [-0.3, -0.25) is 0 Å². The lowest BCUT2D eigenvalue weighted by Crippen LogP contribution is -1.99. The van der Waals surface area contributed by atoms with E-state index in [-0.39, 0.29) is 5.02 Å². The first-order valence-electron chi connectivity index (χ1n) is 4.56. The molecule has 0 aliphatic carbocycles. The van der Waals surface area contributed by atoms with Crippen molar-refractivity contribution in [2.45, 2.75) is 13.8 Å². The van der Waals surface area contributed by atoms with E-state index in [2.05, 4.69) is 5.10 Å². The topological polar surface area (TPSA) is 17.8 Å². The van der Waals surface area contributed by atoms with Crippen molar-refractivity contribution in [2.24, 2.45) is 0 Å². The molecule has 0 aliphatic rings. The number of nitrogens with zero attached hydrogens (tertiary/aromatic N) is 2. The second-order valence-electron chi connectivity index (χ2n) is 3.42. The second-order valence-corrected chi connectivity index (χ2v) is 3.83. The predicted molar refractivity (Wildman–Crippen MR) is 58.0 cm³/mol. The predicted octanol–water partition coefficient (Wildman–Crippen LogP) is 3.28. The van der Waals surface area contributed by atoms with Crippen molar-refractivity contribution in [1.29, 1.82) is 0 Å². The summed E-state index contributed by atoms with van der Waals surface area (Å²) >= 11 is 5.71. The zero-order valence-electron chi connectivity index (χ0n) is 8.46. The second kappa shape index (κ2) is 3.66. The largest absolute Gasteiger partial charge is 0.238 e. The van der Waals surface area contributed by atoms with Gasteiger partial charge < -0.3 is 0 Å². The Kier molecular flexibility index (Phi) is 2.49. The van der Waals surface area contributed by atoms with Gasteiger partial charge in [0.1, 0.15) is 5.82 Å². The van der Waals surface area contributed by atoms with Crippen LogP contribution in [0.25, 0.3) is 5.69 Å². The molecule has 0 amide bonds. The van der Waals surface area contributed by atoms with Gasteiger partial charge in [0.15, 0.2) is 0 Å². The molecule has 78 valence electrons. The van der Waals surface area contributed by atoms with Gasteiger partial charge in [-0.25, -0.2) is 9.07 Å². The van der Waals surface area contributed by atoms with Gasteiger partial charge in [-0.05, 0) is 37.6 Å². The summed E-state index contributed by atoms with van der Waals surface area (Å²) < 4.78 is 14.7. The van der Waals surface area contributed by atoms with E-state index in [0.717, 1.165) is 16.9 Å². The summed E-state index contributed by atoms with van der Waals surface area (Å²) in [5, 5.41) is 4.30. The van der Waals surface area contributed by atoms with Gasteiger partial charge >= 0.3 is 0 Å². The molecule has 1 aromatic carbocycles. The molecule has 2 nitrogen and oxygen atoms in total. The first-order valence-corrected chi connectivity index (χ1v) is 4.94.